The average Bonchev–Trinajstić information content (AvgIpc) is 2.63. The van der Waals surface area contributed by atoms with Gasteiger partial charge in [0.1, 0.15) is 18.2 Å². The van der Waals surface area contributed by atoms with Crippen LogP contribution in [0, 0.1) is 19.7 Å². The minimum Gasteiger partial charge on any atom is -0.487 e. The first-order valence-corrected chi connectivity index (χ1v) is 10.2. The summed E-state index contributed by atoms with van der Waals surface area (Å²) in [6, 6.07) is 16.7. The van der Waals surface area contributed by atoms with Gasteiger partial charge in [-0.1, -0.05) is 40.2 Å². The van der Waals surface area contributed by atoms with Gasteiger partial charge in [-0.25, -0.2) is 4.39 Å². The first-order valence-electron chi connectivity index (χ1n) is 8.58. The molecule has 0 aliphatic rings. The number of aryl methyl sites for hydroxylation is 2. The fourth-order valence-corrected chi connectivity index (χ4v) is 4.19. The second kappa shape index (κ2) is 8.89. The predicted molar refractivity (Wildman–Crippen MR) is 116 cm³/mol. The molecule has 0 fully saturated rings. The highest BCUT2D eigenvalue weighted by molar-refractivity contribution is 9.11. The van der Waals surface area contributed by atoms with E-state index in [1.807, 2.05) is 12.1 Å². The van der Waals surface area contributed by atoms with Gasteiger partial charge >= 0.3 is 0 Å². The smallest absolute Gasteiger partial charge is 0.139 e. The van der Waals surface area contributed by atoms with Crippen LogP contribution in [0.3, 0.4) is 0 Å². The number of halogens is 3. The van der Waals surface area contributed by atoms with Gasteiger partial charge in [-0.2, -0.15) is 0 Å². The molecule has 0 radical (unpaired) electrons. The van der Waals surface area contributed by atoms with Crippen molar-refractivity contribution >= 4 is 37.5 Å². The van der Waals surface area contributed by atoms with E-state index in [0.717, 1.165) is 31.5 Å². The molecule has 0 unspecified atom stereocenters. The molecule has 0 aliphatic heterocycles. The summed E-state index contributed by atoms with van der Waals surface area (Å²) in [5.74, 6) is 0.530. The highest BCUT2D eigenvalue weighted by Gasteiger charge is 2.11. The van der Waals surface area contributed by atoms with Crippen LogP contribution in [0.1, 0.15) is 22.3 Å². The summed E-state index contributed by atoms with van der Waals surface area (Å²) < 4.78 is 21.0. The highest BCUT2D eigenvalue weighted by Crippen LogP contribution is 2.34. The second-order valence-electron chi connectivity index (χ2n) is 6.46. The Morgan fingerprint density at radius 3 is 2.44 bits per heavy atom. The standard InChI is InChI=1S/C22H20Br2FNO/c1-14-3-4-15(2)21(9-14)26-12-17-10-18(23)11-20(24)22(17)27-13-16-5-7-19(25)8-6-16/h3-11,26H,12-13H2,1-2H3. The lowest BCUT2D eigenvalue weighted by atomic mass is 10.1. The van der Waals surface area contributed by atoms with Crippen molar-refractivity contribution in [2.45, 2.75) is 27.0 Å². The van der Waals surface area contributed by atoms with Gasteiger partial charge in [0.15, 0.2) is 0 Å². The van der Waals surface area contributed by atoms with E-state index in [2.05, 4.69) is 69.2 Å². The van der Waals surface area contributed by atoms with E-state index in [-0.39, 0.29) is 5.82 Å². The molecule has 27 heavy (non-hydrogen) atoms. The topological polar surface area (TPSA) is 21.3 Å². The molecule has 3 rings (SSSR count). The summed E-state index contributed by atoms with van der Waals surface area (Å²) in [4.78, 5) is 0. The molecule has 0 saturated heterocycles. The van der Waals surface area contributed by atoms with Crippen LogP contribution in [0.2, 0.25) is 0 Å². The lowest BCUT2D eigenvalue weighted by Gasteiger charge is -2.16. The van der Waals surface area contributed by atoms with E-state index >= 15 is 0 Å². The van der Waals surface area contributed by atoms with Crippen LogP contribution in [-0.2, 0) is 13.2 Å². The maximum atomic E-state index is 13.1. The fourth-order valence-electron chi connectivity index (χ4n) is 2.76. The van der Waals surface area contributed by atoms with Crippen LogP contribution in [0.5, 0.6) is 5.75 Å². The molecule has 0 bridgehead atoms. The molecule has 0 aromatic heterocycles. The summed E-state index contributed by atoms with van der Waals surface area (Å²) in [6.07, 6.45) is 0. The van der Waals surface area contributed by atoms with Crippen LogP contribution in [0.25, 0.3) is 0 Å². The van der Waals surface area contributed by atoms with E-state index in [4.69, 9.17) is 4.74 Å². The molecule has 0 amide bonds. The third-order valence-electron chi connectivity index (χ3n) is 4.24. The van der Waals surface area contributed by atoms with Crippen molar-refractivity contribution in [3.05, 3.63) is 91.6 Å². The Morgan fingerprint density at radius 2 is 1.70 bits per heavy atom. The summed E-state index contributed by atoms with van der Waals surface area (Å²) in [5.41, 5.74) is 5.46. The largest absolute Gasteiger partial charge is 0.487 e. The van der Waals surface area contributed by atoms with E-state index in [1.54, 1.807) is 12.1 Å². The van der Waals surface area contributed by atoms with Crippen LogP contribution in [0.15, 0.2) is 63.5 Å². The van der Waals surface area contributed by atoms with Gasteiger partial charge in [0.25, 0.3) is 0 Å². The van der Waals surface area contributed by atoms with Crippen molar-refractivity contribution in [2.75, 3.05) is 5.32 Å². The first-order chi connectivity index (χ1) is 12.9. The van der Waals surface area contributed by atoms with Gasteiger partial charge in [-0.15, -0.1) is 0 Å². The van der Waals surface area contributed by atoms with Gasteiger partial charge in [-0.3, -0.25) is 0 Å². The molecule has 0 saturated carbocycles. The number of hydrogen-bond acceptors (Lipinski definition) is 2. The number of nitrogens with one attached hydrogen (secondary N) is 1. The molecule has 140 valence electrons. The van der Waals surface area contributed by atoms with Gasteiger partial charge in [0.2, 0.25) is 0 Å². The number of ether oxygens (including phenoxy) is 1. The Hall–Kier alpha value is -1.85. The third kappa shape index (κ3) is 5.33. The Bertz CT molecular complexity index is 942. The molecule has 0 heterocycles. The highest BCUT2D eigenvalue weighted by atomic mass is 79.9. The van der Waals surface area contributed by atoms with E-state index in [1.165, 1.54) is 23.3 Å². The molecule has 1 N–H and O–H groups in total. The van der Waals surface area contributed by atoms with E-state index in [0.29, 0.717) is 13.2 Å². The van der Waals surface area contributed by atoms with Crippen molar-refractivity contribution in [1.82, 2.24) is 0 Å². The maximum Gasteiger partial charge on any atom is 0.139 e. The Balaban J connectivity index is 1.79. The van der Waals surface area contributed by atoms with Crippen molar-refractivity contribution in [2.24, 2.45) is 0 Å². The monoisotopic (exact) mass is 491 g/mol. The van der Waals surface area contributed by atoms with Crippen LogP contribution in [-0.4, -0.2) is 0 Å². The van der Waals surface area contributed by atoms with Crippen LogP contribution < -0.4 is 10.1 Å². The quantitative estimate of drug-likeness (QED) is 0.394. The molecule has 0 aliphatic carbocycles. The summed E-state index contributed by atoms with van der Waals surface area (Å²) >= 11 is 7.14. The molecule has 2 nitrogen and oxygen atoms in total. The minimum absolute atomic E-state index is 0.248. The van der Waals surface area contributed by atoms with Crippen molar-refractivity contribution < 1.29 is 9.13 Å². The molecule has 0 atom stereocenters. The molecular formula is C22H20Br2FNO. The molecular weight excluding hydrogens is 473 g/mol. The first kappa shape index (κ1) is 19.9. The molecule has 3 aromatic rings. The fraction of sp³-hybridized carbons (Fsp3) is 0.182. The van der Waals surface area contributed by atoms with Crippen LogP contribution in [0.4, 0.5) is 10.1 Å². The van der Waals surface area contributed by atoms with Gasteiger partial charge in [0, 0.05) is 22.3 Å². The molecule has 3 aromatic carbocycles. The third-order valence-corrected chi connectivity index (χ3v) is 5.29. The SMILES string of the molecule is Cc1ccc(C)c(NCc2cc(Br)cc(Br)c2OCc2ccc(F)cc2)c1. The van der Waals surface area contributed by atoms with E-state index in [9.17, 15) is 4.39 Å². The van der Waals surface area contributed by atoms with Crippen LogP contribution >= 0.6 is 31.9 Å². The van der Waals surface area contributed by atoms with E-state index < -0.39 is 0 Å². The van der Waals surface area contributed by atoms with Crippen molar-refractivity contribution in [1.29, 1.82) is 0 Å². The summed E-state index contributed by atoms with van der Waals surface area (Å²) in [7, 11) is 0. The maximum absolute atomic E-state index is 13.1. The summed E-state index contributed by atoms with van der Waals surface area (Å²) in [5, 5.41) is 3.50. The van der Waals surface area contributed by atoms with Gasteiger partial charge in [0.05, 0.1) is 4.47 Å². The van der Waals surface area contributed by atoms with Gasteiger partial charge < -0.3 is 10.1 Å². The Kier molecular flexibility index (Phi) is 6.55. The van der Waals surface area contributed by atoms with Gasteiger partial charge in [-0.05, 0) is 76.8 Å². The number of rotatable bonds is 6. The number of benzene rings is 3. The lowest BCUT2D eigenvalue weighted by Crippen LogP contribution is -2.05. The summed E-state index contributed by atoms with van der Waals surface area (Å²) in [6.45, 7) is 5.17. The zero-order valence-electron chi connectivity index (χ0n) is 15.2. The minimum atomic E-state index is -0.248. The molecule has 0 spiro atoms. The average molecular weight is 493 g/mol. The zero-order valence-corrected chi connectivity index (χ0v) is 18.3. The number of anilines is 1. The molecule has 5 heteroatoms. The second-order valence-corrected chi connectivity index (χ2v) is 8.23. The Labute approximate surface area is 176 Å². The number of hydrogen-bond donors (Lipinski definition) is 1. The lowest BCUT2D eigenvalue weighted by molar-refractivity contribution is 0.301. The zero-order chi connectivity index (χ0) is 19.4. The van der Waals surface area contributed by atoms with Crippen molar-refractivity contribution in [3.63, 3.8) is 0 Å². The Morgan fingerprint density at radius 1 is 0.963 bits per heavy atom. The predicted octanol–water partition coefficient (Wildman–Crippen LogP) is 7.16. The normalized spacial score (nSPS) is 10.7. The van der Waals surface area contributed by atoms with Crippen molar-refractivity contribution in [3.8, 4) is 5.75 Å².